The lowest BCUT2D eigenvalue weighted by atomic mass is 10.2. The fourth-order valence-corrected chi connectivity index (χ4v) is 4.31. The highest BCUT2D eigenvalue weighted by atomic mass is 35.5. The number of anilines is 2. The number of amides is 1. The third-order valence-electron chi connectivity index (χ3n) is 4.81. The minimum Gasteiger partial charge on any atom is -0.368 e. The van der Waals surface area contributed by atoms with Crippen LogP contribution in [0.2, 0.25) is 5.02 Å². The van der Waals surface area contributed by atoms with Crippen molar-refractivity contribution in [2.75, 3.05) is 49.6 Å². The number of benzene rings is 2. The van der Waals surface area contributed by atoms with E-state index in [4.69, 9.17) is 11.6 Å². The van der Waals surface area contributed by atoms with Crippen LogP contribution in [-0.2, 0) is 4.79 Å². The van der Waals surface area contributed by atoms with Crippen LogP contribution in [0.25, 0.3) is 10.2 Å². The third kappa shape index (κ3) is 4.01. The van der Waals surface area contributed by atoms with Gasteiger partial charge in [-0.15, -0.1) is 0 Å². The highest BCUT2D eigenvalue weighted by Crippen LogP contribution is 2.27. The van der Waals surface area contributed by atoms with Gasteiger partial charge in [0.15, 0.2) is 5.13 Å². The Kier molecular flexibility index (Phi) is 5.18. The summed E-state index contributed by atoms with van der Waals surface area (Å²) < 4.78 is 1.14. The summed E-state index contributed by atoms with van der Waals surface area (Å²) >= 11 is 7.58. The Morgan fingerprint density at radius 3 is 2.52 bits per heavy atom. The van der Waals surface area contributed by atoms with E-state index in [1.165, 1.54) is 0 Å². The molecule has 1 aliphatic heterocycles. The maximum absolute atomic E-state index is 12.7. The second kappa shape index (κ2) is 7.74. The van der Waals surface area contributed by atoms with E-state index in [2.05, 4.69) is 16.0 Å². The number of carbonyl (C=O) groups excluding carboxylic acids is 1. The Balaban J connectivity index is 1.34. The average Bonchev–Trinajstić information content (AvgIpc) is 3.13. The lowest BCUT2D eigenvalue weighted by Crippen LogP contribution is -2.51. The van der Waals surface area contributed by atoms with Crippen LogP contribution in [0.4, 0.5) is 10.8 Å². The van der Waals surface area contributed by atoms with Crippen LogP contribution < -0.4 is 9.80 Å². The molecule has 0 atom stereocenters. The third-order valence-corrected chi connectivity index (χ3v) is 6.21. The number of thiazole rings is 1. The van der Waals surface area contributed by atoms with Crippen molar-refractivity contribution in [3.63, 3.8) is 0 Å². The zero-order valence-electron chi connectivity index (χ0n) is 15.1. The molecule has 4 rings (SSSR count). The van der Waals surface area contributed by atoms with Crippen LogP contribution >= 0.6 is 22.9 Å². The number of rotatable bonds is 4. The van der Waals surface area contributed by atoms with E-state index in [1.54, 1.807) is 11.3 Å². The van der Waals surface area contributed by atoms with Gasteiger partial charge in [-0.05, 0) is 36.4 Å². The first-order valence-electron chi connectivity index (χ1n) is 8.95. The summed E-state index contributed by atoms with van der Waals surface area (Å²) in [6.45, 7) is 3.47. The van der Waals surface area contributed by atoms with Gasteiger partial charge in [0.1, 0.15) is 0 Å². The molecule has 7 heteroatoms. The summed E-state index contributed by atoms with van der Waals surface area (Å²) in [5.41, 5.74) is 2.13. The van der Waals surface area contributed by atoms with E-state index in [9.17, 15) is 4.79 Å². The Labute approximate surface area is 167 Å². The van der Waals surface area contributed by atoms with E-state index < -0.39 is 0 Å². The van der Waals surface area contributed by atoms with Gasteiger partial charge < -0.3 is 14.7 Å². The number of hydrogen-bond acceptors (Lipinski definition) is 5. The molecule has 3 aromatic rings. The lowest BCUT2D eigenvalue weighted by Gasteiger charge is -2.36. The molecule has 5 nitrogen and oxygen atoms in total. The summed E-state index contributed by atoms with van der Waals surface area (Å²) in [5.74, 6) is 0.146. The van der Waals surface area contributed by atoms with Gasteiger partial charge in [0.2, 0.25) is 5.91 Å². The van der Waals surface area contributed by atoms with E-state index >= 15 is 0 Å². The standard InChI is InChI=1S/C20H21ClN4OS/c1-23(20-22-17-4-2-3-5-18(17)27-20)14-19(26)25-12-10-24(11-13-25)16-8-6-15(21)7-9-16/h2-9H,10-14H2,1H3. The molecule has 0 N–H and O–H groups in total. The second-order valence-corrected chi connectivity index (χ2v) is 8.11. The average molecular weight is 401 g/mol. The summed E-state index contributed by atoms with van der Waals surface area (Å²) in [6, 6.07) is 15.9. The largest absolute Gasteiger partial charge is 0.368 e. The van der Waals surface area contributed by atoms with Crippen molar-refractivity contribution in [3.8, 4) is 0 Å². The number of halogens is 1. The topological polar surface area (TPSA) is 39.7 Å². The minimum absolute atomic E-state index is 0.146. The number of hydrogen-bond donors (Lipinski definition) is 0. The molecule has 1 aromatic heterocycles. The number of carbonyl (C=O) groups is 1. The van der Waals surface area contributed by atoms with Crippen molar-refractivity contribution in [2.45, 2.75) is 0 Å². The van der Waals surface area contributed by atoms with Gasteiger partial charge in [-0.3, -0.25) is 4.79 Å². The maximum Gasteiger partial charge on any atom is 0.242 e. The second-order valence-electron chi connectivity index (χ2n) is 6.66. The van der Waals surface area contributed by atoms with Gasteiger partial charge >= 0.3 is 0 Å². The number of piperazine rings is 1. The zero-order chi connectivity index (χ0) is 18.8. The molecule has 0 bridgehead atoms. The molecule has 2 aromatic carbocycles. The van der Waals surface area contributed by atoms with E-state index in [1.807, 2.05) is 59.3 Å². The molecule has 1 aliphatic rings. The van der Waals surface area contributed by atoms with Crippen molar-refractivity contribution in [3.05, 3.63) is 53.6 Å². The maximum atomic E-state index is 12.7. The Morgan fingerprint density at radius 2 is 1.81 bits per heavy atom. The molecule has 2 heterocycles. The molecular formula is C20H21ClN4OS. The van der Waals surface area contributed by atoms with Crippen molar-refractivity contribution in [1.29, 1.82) is 0 Å². The predicted octanol–water partition coefficient (Wildman–Crippen LogP) is 3.73. The first-order valence-corrected chi connectivity index (χ1v) is 10.1. The Bertz CT molecular complexity index is 902. The van der Waals surface area contributed by atoms with E-state index in [0.29, 0.717) is 6.54 Å². The number of aromatic nitrogens is 1. The number of nitrogens with zero attached hydrogens (tertiary/aromatic N) is 4. The Morgan fingerprint density at radius 1 is 1.11 bits per heavy atom. The van der Waals surface area contributed by atoms with Crippen molar-refractivity contribution >= 4 is 49.9 Å². The normalized spacial score (nSPS) is 14.6. The van der Waals surface area contributed by atoms with Crippen molar-refractivity contribution < 1.29 is 4.79 Å². The van der Waals surface area contributed by atoms with E-state index in [0.717, 1.165) is 52.2 Å². The Hall–Kier alpha value is -2.31. The highest BCUT2D eigenvalue weighted by molar-refractivity contribution is 7.22. The molecular weight excluding hydrogens is 380 g/mol. The van der Waals surface area contributed by atoms with Gasteiger partial charge in [0.25, 0.3) is 0 Å². The van der Waals surface area contributed by atoms with Crippen LogP contribution in [-0.4, -0.2) is 55.6 Å². The van der Waals surface area contributed by atoms with Gasteiger partial charge in [0, 0.05) is 43.9 Å². The van der Waals surface area contributed by atoms with Crippen molar-refractivity contribution in [2.24, 2.45) is 0 Å². The fraction of sp³-hybridized carbons (Fsp3) is 0.300. The first kappa shape index (κ1) is 18.1. The van der Waals surface area contributed by atoms with Crippen LogP contribution in [0.3, 0.4) is 0 Å². The van der Waals surface area contributed by atoms with Gasteiger partial charge in [-0.2, -0.15) is 0 Å². The molecule has 0 radical (unpaired) electrons. The van der Waals surface area contributed by atoms with Crippen LogP contribution in [0.15, 0.2) is 48.5 Å². The monoisotopic (exact) mass is 400 g/mol. The summed E-state index contributed by atoms with van der Waals surface area (Å²) in [4.78, 5) is 23.5. The number of fused-ring (bicyclic) bond motifs is 1. The SMILES string of the molecule is CN(CC(=O)N1CCN(c2ccc(Cl)cc2)CC1)c1nc2ccccc2s1. The van der Waals surface area contributed by atoms with Crippen LogP contribution in [0.5, 0.6) is 0 Å². The van der Waals surface area contributed by atoms with Crippen LogP contribution in [0.1, 0.15) is 0 Å². The zero-order valence-corrected chi connectivity index (χ0v) is 16.7. The van der Waals surface area contributed by atoms with Gasteiger partial charge in [-0.1, -0.05) is 35.1 Å². The highest BCUT2D eigenvalue weighted by Gasteiger charge is 2.23. The summed E-state index contributed by atoms with van der Waals surface area (Å²) in [7, 11) is 1.93. The van der Waals surface area contributed by atoms with Crippen LogP contribution in [0, 0.1) is 0 Å². The molecule has 1 saturated heterocycles. The molecule has 140 valence electrons. The molecule has 27 heavy (non-hydrogen) atoms. The smallest absolute Gasteiger partial charge is 0.242 e. The minimum atomic E-state index is 0.146. The number of likely N-dealkylation sites (N-methyl/N-ethyl adjacent to an activating group) is 1. The lowest BCUT2D eigenvalue weighted by molar-refractivity contribution is -0.129. The van der Waals surface area contributed by atoms with E-state index in [-0.39, 0.29) is 5.91 Å². The predicted molar refractivity (Wildman–Crippen MR) is 113 cm³/mol. The summed E-state index contributed by atoms with van der Waals surface area (Å²) in [5, 5.41) is 1.62. The fourth-order valence-electron chi connectivity index (χ4n) is 3.26. The number of para-hydroxylation sites is 1. The van der Waals surface area contributed by atoms with Gasteiger partial charge in [-0.25, -0.2) is 4.98 Å². The molecule has 1 fully saturated rings. The van der Waals surface area contributed by atoms with Gasteiger partial charge in [0.05, 0.1) is 16.8 Å². The first-order chi connectivity index (χ1) is 13.1. The molecule has 1 amide bonds. The molecule has 0 saturated carbocycles. The molecule has 0 unspecified atom stereocenters. The molecule has 0 aliphatic carbocycles. The van der Waals surface area contributed by atoms with Crippen molar-refractivity contribution in [1.82, 2.24) is 9.88 Å². The quantitative estimate of drug-likeness (QED) is 0.669. The molecule has 0 spiro atoms. The summed E-state index contributed by atoms with van der Waals surface area (Å²) in [6.07, 6.45) is 0.